The molecule has 0 aromatic carbocycles. The van der Waals surface area contributed by atoms with E-state index in [4.69, 9.17) is 20.9 Å². The highest BCUT2D eigenvalue weighted by Crippen LogP contribution is 2.43. The fourth-order valence-electron chi connectivity index (χ4n) is 10.2. The third-order valence-corrected chi connectivity index (χ3v) is 19.6. The molecule has 2 atom stereocenters. The first-order valence-electron chi connectivity index (χ1n) is 34.6. The molecule has 4 rings (SSSR count). The molecule has 0 fully saturated rings. The monoisotopic (exact) mass is 1260 g/mol. The third-order valence-electron chi connectivity index (χ3n) is 15.6. The van der Waals surface area contributed by atoms with Crippen molar-refractivity contribution in [2.45, 2.75) is 265 Å². The minimum absolute atomic E-state index is 0.112. The van der Waals surface area contributed by atoms with Gasteiger partial charge in [-0.2, -0.15) is 0 Å². The Labute approximate surface area is 533 Å². The molecule has 2 unspecified atom stereocenters. The quantitative estimate of drug-likeness (QED) is 0.0183. The average Bonchev–Trinajstić information content (AvgIpc) is 2.25. The van der Waals surface area contributed by atoms with Gasteiger partial charge in [-0.1, -0.05) is 222 Å². The molecule has 0 aliphatic carbocycles. The Morgan fingerprint density at radius 1 is 0.432 bits per heavy atom. The first-order valence-corrected chi connectivity index (χ1v) is 38.8. The van der Waals surface area contributed by atoms with E-state index in [0.717, 1.165) is 70.8 Å². The number of fused-ring (bicyclic) bond motifs is 2. The summed E-state index contributed by atoms with van der Waals surface area (Å²) in [6.07, 6.45) is 78.0. The molecule has 496 valence electrons. The summed E-state index contributed by atoms with van der Waals surface area (Å²) in [6, 6.07) is 0. The molecular formula is C70H121N11O5P2. The second kappa shape index (κ2) is 53.1. The van der Waals surface area contributed by atoms with Crippen LogP contribution in [0.4, 0.5) is 11.6 Å². The van der Waals surface area contributed by atoms with Gasteiger partial charge in [0.1, 0.15) is 36.4 Å². The molecule has 88 heavy (non-hydrogen) atoms. The van der Waals surface area contributed by atoms with Gasteiger partial charge in [0, 0.05) is 32.0 Å². The van der Waals surface area contributed by atoms with Crippen molar-refractivity contribution in [3.05, 3.63) is 98.2 Å². The number of rotatable bonds is 56. The van der Waals surface area contributed by atoms with Crippen molar-refractivity contribution in [3.63, 3.8) is 0 Å². The lowest BCUT2D eigenvalue weighted by molar-refractivity contribution is 0.160. The van der Waals surface area contributed by atoms with Gasteiger partial charge in [0.15, 0.2) is 30.2 Å². The molecule has 0 aliphatic rings. The number of hydrogen-bond acceptors (Lipinski definition) is 12. The van der Waals surface area contributed by atoms with Gasteiger partial charge in [0.2, 0.25) is 7.37 Å². The van der Waals surface area contributed by atoms with Crippen molar-refractivity contribution >= 4 is 48.6 Å². The van der Waals surface area contributed by atoms with Crippen LogP contribution in [0.3, 0.4) is 0 Å². The minimum atomic E-state index is -3.25. The maximum atomic E-state index is 14.0. The number of aromatic nitrogens is 8. The molecule has 0 spiro atoms. The Hall–Kier alpha value is -4.56. The lowest BCUT2D eigenvalue weighted by Crippen LogP contribution is -2.19. The molecule has 18 heteroatoms. The van der Waals surface area contributed by atoms with Crippen LogP contribution in [0.25, 0.3) is 22.3 Å². The van der Waals surface area contributed by atoms with Gasteiger partial charge in [-0.05, 0) is 103 Å². The molecule has 0 bridgehead atoms. The van der Waals surface area contributed by atoms with Crippen LogP contribution in [0.5, 0.6) is 0 Å². The van der Waals surface area contributed by atoms with E-state index in [-0.39, 0.29) is 12.7 Å². The molecule has 0 aliphatic heterocycles. The maximum absolute atomic E-state index is 14.0. The Morgan fingerprint density at radius 3 is 1.20 bits per heavy atom. The van der Waals surface area contributed by atoms with Gasteiger partial charge >= 0.3 is 0 Å². The highest BCUT2D eigenvalue weighted by atomic mass is 31.2. The van der Waals surface area contributed by atoms with Crippen LogP contribution in [0.15, 0.2) is 98.2 Å². The Kier molecular flexibility index (Phi) is 46.9. The zero-order chi connectivity index (χ0) is 63.1. The predicted molar refractivity (Wildman–Crippen MR) is 374 cm³/mol. The van der Waals surface area contributed by atoms with Gasteiger partial charge in [0.25, 0.3) is 0 Å². The van der Waals surface area contributed by atoms with Crippen LogP contribution >= 0.6 is 14.7 Å². The second-order valence-electron chi connectivity index (χ2n) is 23.7. The van der Waals surface area contributed by atoms with Gasteiger partial charge < -0.3 is 39.5 Å². The van der Waals surface area contributed by atoms with E-state index in [2.05, 4.69) is 129 Å². The average molecular weight is 1260 g/mol. The topological polar surface area (TPSA) is 224 Å². The van der Waals surface area contributed by atoms with Crippen molar-refractivity contribution in [1.82, 2.24) is 44.1 Å². The van der Waals surface area contributed by atoms with Crippen LogP contribution in [0.1, 0.15) is 252 Å². The van der Waals surface area contributed by atoms with E-state index in [1.807, 2.05) is 4.57 Å². The largest absolute Gasteiger partial charge is 0.382 e. The Balaban J connectivity index is 0.000000500. The predicted octanol–water partition coefficient (Wildman–Crippen LogP) is 19.3. The van der Waals surface area contributed by atoms with Gasteiger partial charge in [0.05, 0.1) is 25.9 Å². The maximum Gasteiger partial charge on any atom is 0.225 e. The number of nitrogens with two attached hydrogens (primary N) is 2. The molecule has 4 aromatic heterocycles. The fraction of sp³-hybridized carbons (Fsp3) is 0.686. The highest BCUT2D eigenvalue weighted by Gasteiger charge is 2.22. The normalized spacial score (nSPS) is 13.7. The molecule has 4 heterocycles. The lowest BCUT2D eigenvalue weighted by Gasteiger charge is -2.20. The fourth-order valence-corrected chi connectivity index (χ4v) is 13.6. The summed E-state index contributed by atoms with van der Waals surface area (Å²) in [6.45, 7) is 9.32. The van der Waals surface area contributed by atoms with E-state index < -0.39 is 14.7 Å². The van der Waals surface area contributed by atoms with Crippen LogP contribution in [0.2, 0.25) is 0 Å². The lowest BCUT2D eigenvalue weighted by atomic mass is 10.1. The first kappa shape index (κ1) is 77.7. The van der Waals surface area contributed by atoms with E-state index in [9.17, 15) is 14.0 Å². The number of hydrogen-bond donors (Lipinski definition) is 4. The van der Waals surface area contributed by atoms with Crippen LogP contribution < -0.4 is 16.6 Å². The third kappa shape index (κ3) is 39.5. The number of nitrogens with zero attached hydrogens (tertiary/aromatic N) is 8. The minimum Gasteiger partial charge on any atom is -0.382 e. The molecule has 0 radical (unpaired) electrons. The van der Waals surface area contributed by atoms with Crippen LogP contribution in [0, 0.1) is 0 Å². The zero-order valence-electron chi connectivity index (χ0n) is 55.3. The van der Waals surface area contributed by atoms with Crippen molar-refractivity contribution in [2.24, 2.45) is 0 Å². The number of nitrogen functional groups attached to an aromatic ring is 2. The summed E-state index contributed by atoms with van der Waals surface area (Å²) in [4.78, 5) is 35.1. The Morgan fingerprint density at radius 2 is 0.784 bits per heavy atom. The standard InChI is InChI=1S/C44H77N6O2P.C26H44N5O3P/c1-3-5-7-9-11-13-15-17-19-21-23-25-27-29-31-33-35-49-53(51,41-52-37-36-50-40-48-42-43(45)46-39-47-44(42)50)38-34-32-30-28-26-24-22-20-18-16-14-12-10-8-6-4-2;1-2-3-4-5-6-7-8-9-10-11-12-13-14-15-16-17-20-35(32,33)23-34-19-18-31-22-30-24-25(27)28-21-29-26(24)31/h10-13,16-19,39-40H,3-9,14-15,20-38,41H2,1-2H3,(H,49,51)(H2,45,46,47);5-6,8-9,21-22H,2-4,7,10-20,23H2,1H3,(H,32,33)(H2,27,28,29)/b12-10-,13-11-,18-16-,19-17-;6-5-,9-8-. The van der Waals surface area contributed by atoms with Gasteiger partial charge in [-0.15, -0.1) is 0 Å². The van der Waals surface area contributed by atoms with Crippen molar-refractivity contribution < 1.29 is 23.5 Å². The second-order valence-corrected chi connectivity index (χ2v) is 28.9. The summed E-state index contributed by atoms with van der Waals surface area (Å²) in [5, 5.41) is 3.48. The molecule has 0 saturated carbocycles. The van der Waals surface area contributed by atoms with E-state index in [0.29, 0.717) is 72.6 Å². The number of nitrogens with one attached hydrogen (secondary N) is 1. The van der Waals surface area contributed by atoms with Crippen molar-refractivity contribution in [2.75, 3.05) is 56.2 Å². The summed E-state index contributed by atoms with van der Waals surface area (Å²) in [5.74, 6) is 0.713. The van der Waals surface area contributed by atoms with Crippen LogP contribution in [-0.2, 0) is 31.7 Å². The highest BCUT2D eigenvalue weighted by molar-refractivity contribution is 7.61. The summed E-state index contributed by atoms with van der Waals surface area (Å²) < 4.78 is 41.6. The SMILES string of the molecule is CCCC/C=C\C/C=C\CCCCCCCCCP(=O)(COCCn1cnc2c(N)ncnc21)NCCCCCCCC/C=C\C/C=C\CCCCC.CCCC/C=C\C/C=C\CCCCCCCCCP(=O)(O)COCCn1cnc2c(N)ncnc21. The smallest absolute Gasteiger partial charge is 0.225 e. The van der Waals surface area contributed by atoms with E-state index >= 15 is 0 Å². The van der Waals surface area contributed by atoms with E-state index in [1.54, 1.807) is 17.2 Å². The molecular weight excluding hydrogens is 1140 g/mol. The number of allylic oxidation sites excluding steroid dienone is 12. The number of imidazole rings is 2. The number of ether oxygens (including phenoxy) is 2. The van der Waals surface area contributed by atoms with Crippen molar-refractivity contribution in [1.29, 1.82) is 0 Å². The molecule has 16 nitrogen and oxygen atoms in total. The molecule has 0 saturated heterocycles. The summed E-state index contributed by atoms with van der Waals surface area (Å²) in [5.41, 5.74) is 14.2. The summed E-state index contributed by atoms with van der Waals surface area (Å²) in [7, 11) is -5.88. The van der Waals surface area contributed by atoms with Crippen molar-refractivity contribution in [3.8, 4) is 0 Å². The summed E-state index contributed by atoms with van der Waals surface area (Å²) >= 11 is 0. The first-order chi connectivity index (χ1) is 43.1. The van der Waals surface area contributed by atoms with Gasteiger partial charge in [-0.25, -0.2) is 29.9 Å². The van der Waals surface area contributed by atoms with Crippen LogP contribution in [-0.4, -0.2) is 88.7 Å². The van der Waals surface area contributed by atoms with E-state index in [1.165, 1.54) is 180 Å². The zero-order valence-corrected chi connectivity index (χ0v) is 57.1. The Bertz CT molecular complexity index is 2610. The molecule has 6 N–H and O–H groups in total. The molecule has 0 amide bonds. The van der Waals surface area contributed by atoms with Gasteiger partial charge in [-0.3, -0.25) is 9.65 Å². The molecule has 4 aromatic rings. The number of unbranched alkanes of at least 4 members (excludes halogenated alkanes) is 27. The number of anilines is 2.